The summed E-state index contributed by atoms with van der Waals surface area (Å²) in [4.78, 5) is 23.7. The summed E-state index contributed by atoms with van der Waals surface area (Å²) in [5.41, 5.74) is 4.17. The number of carbonyl (C=O) groups is 2. The van der Waals surface area contributed by atoms with Crippen LogP contribution >= 0.6 is 0 Å². The Balaban J connectivity index is 0.000000299. The minimum atomic E-state index is -4.49. The smallest absolute Gasteiger partial charge is 0.411 e. The van der Waals surface area contributed by atoms with Crippen LogP contribution in [0.25, 0.3) is 0 Å². The first-order valence-corrected chi connectivity index (χ1v) is 23.0. The third kappa shape index (κ3) is 22.2. The topological polar surface area (TPSA) is 133 Å². The quantitative estimate of drug-likeness (QED) is 0.0346. The second-order valence-electron chi connectivity index (χ2n) is 16.9. The maximum atomic E-state index is 12.5. The summed E-state index contributed by atoms with van der Waals surface area (Å²) < 4.78 is 92.9. The van der Waals surface area contributed by atoms with E-state index in [0.29, 0.717) is 62.1 Å². The predicted molar refractivity (Wildman–Crippen MR) is 248 cm³/mol. The van der Waals surface area contributed by atoms with Crippen molar-refractivity contribution in [3.63, 3.8) is 0 Å². The molecule has 15 heteroatoms. The third-order valence-corrected chi connectivity index (χ3v) is 10.5. The van der Waals surface area contributed by atoms with E-state index < -0.39 is 43.5 Å². The third-order valence-electron chi connectivity index (χ3n) is 10.5. The van der Waals surface area contributed by atoms with Gasteiger partial charge in [-0.15, -0.1) is 0 Å². The highest BCUT2D eigenvalue weighted by Gasteiger charge is 2.29. The van der Waals surface area contributed by atoms with E-state index in [-0.39, 0.29) is 25.9 Å². The van der Waals surface area contributed by atoms with Gasteiger partial charge in [0.1, 0.15) is 55.9 Å². The average Bonchev–Trinajstić information content (AvgIpc) is 4.25. The van der Waals surface area contributed by atoms with Crippen molar-refractivity contribution in [2.24, 2.45) is 11.8 Å². The van der Waals surface area contributed by atoms with Gasteiger partial charge in [-0.25, -0.2) is 9.59 Å². The van der Waals surface area contributed by atoms with Crippen LogP contribution in [0.4, 0.5) is 13.2 Å². The molecule has 6 unspecified atom stereocenters. The van der Waals surface area contributed by atoms with Gasteiger partial charge >= 0.3 is 18.1 Å². The maximum Gasteiger partial charge on any atom is 0.411 e. The number of epoxide rings is 2. The number of benzene rings is 3. The van der Waals surface area contributed by atoms with Gasteiger partial charge < -0.3 is 47.4 Å². The number of alkyl halides is 3. The average molecular weight is 943 g/mol. The van der Waals surface area contributed by atoms with E-state index in [4.69, 9.17) is 47.4 Å². The summed E-state index contributed by atoms with van der Waals surface area (Å²) in [5.74, 6) is 1.80. The molecule has 370 valence electrons. The van der Waals surface area contributed by atoms with Gasteiger partial charge in [0.25, 0.3) is 0 Å². The van der Waals surface area contributed by atoms with Crippen LogP contribution in [-0.4, -0.2) is 115 Å². The minimum Gasteiger partial charge on any atom is -0.490 e. The highest BCUT2D eigenvalue weighted by molar-refractivity contribution is 5.87. The molecular weight excluding hydrogens is 874 g/mol. The highest BCUT2D eigenvalue weighted by atomic mass is 19.4. The fourth-order valence-electron chi connectivity index (χ4n) is 6.84. The molecule has 2 aliphatic heterocycles. The lowest BCUT2D eigenvalue weighted by molar-refractivity contribution is -0.183. The Morgan fingerprint density at radius 3 is 2.03 bits per heavy atom. The fourth-order valence-corrected chi connectivity index (χ4v) is 6.84. The Bertz CT molecular complexity index is 1950. The van der Waals surface area contributed by atoms with E-state index in [0.717, 1.165) is 78.7 Å². The monoisotopic (exact) mass is 942 g/mol. The summed E-state index contributed by atoms with van der Waals surface area (Å²) in [6.45, 7) is 19.4. The zero-order valence-corrected chi connectivity index (χ0v) is 39.7. The number of rotatable bonds is 31. The first-order valence-electron chi connectivity index (χ1n) is 23.0. The van der Waals surface area contributed by atoms with E-state index in [9.17, 15) is 22.8 Å². The number of para-hydroxylation sites is 3. The molecule has 0 N–H and O–H groups in total. The molecule has 0 amide bonds. The van der Waals surface area contributed by atoms with Crippen LogP contribution in [0.2, 0.25) is 0 Å². The zero-order valence-electron chi connectivity index (χ0n) is 39.7. The summed E-state index contributed by atoms with van der Waals surface area (Å²) in [6.07, 6.45) is -0.267. The molecule has 2 fully saturated rings. The number of hydrogen-bond donors (Lipinski definition) is 0. The molecule has 12 nitrogen and oxygen atoms in total. The van der Waals surface area contributed by atoms with Crippen LogP contribution < -0.4 is 14.2 Å². The summed E-state index contributed by atoms with van der Waals surface area (Å²) in [6, 6.07) is 21.2. The molecule has 3 aromatic rings. The van der Waals surface area contributed by atoms with Gasteiger partial charge in [0, 0.05) is 31.3 Å². The Kier molecular flexibility index (Phi) is 23.7. The Morgan fingerprint density at radius 2 is 1.39 bits per heavy atom. The molecule has 2 heterocycles. The number of carbonyl (C=O) groups excluding carboxylic acids is 2. The molecule has 5 rings (SSSR count). The molecule has 67 heavy (non-hydrogen) atoms. The van der Waals surface area contributed by atoms with Crippen molar-refractivity contribution in [2.75, 3.05) is 72.7 Å². The molecule has 0 saturated carbocycles. The SMILES string of the molecule is C=C(C)C(=O)OC(COCC(CC)CC(C)COCC1CO1)COc1ccccc1.C=CC(=O)OC(COCC(F)(F)F)COc1c(C)cccc1Cc1cccc(CCC)c1OCC1CO1. The van der Waals surface area contributed by atoms with Gasteiger partial charge in [-0.2, -0.15) is 13.2 Å². The normalized spacial score (nSPS) is 16.8. The second kappa shape index (κ2) is 29.1. The second-order valence-corrected chi connectivity index (χ2v) is 16.9. The molecule has 0 bridgehead atoms. The van der Waals surface area contributed by atoms with Crippen molar-refractivity contribution >= 4 is 11.9 Å². The van der Waals surface area contributed by atoms with E-state index in [1.165, 1.54) is 0 Å². The van der Waals surface area contributed by atoms with Gasteiger partial charge in [-0.1, -0.05) is 101 Å². The van der Waals surface area contributed by atoms with Crippen LogP contribution in [0.3, 0.4) is 0 Å². The Labute approximate surface area is 394 Å². The van der Waals surface area contributed by atoms with Crippen molar-refractivity contribution < 1.29 is 70.1 Å². The predicted octanol–water partition coefficient (Wildman–Crippen LogP) is 9.41. The van der Waals surface area contributed by atoms with Crippen LogP contribution in [0.1, 0.15) is 69.2 Å². The molecule has 0 aliphatic carbocycles. The summed E-state index contributed by atoms with van der Waals surface area (Å²) in [7, 11) is 0. The van der Waals surface area contributed by atoms with Gasteiger partial charge in [0.2, 0.25) is 0 Å². The van der Waals surface area contributed by atoms with Crippen molar-refractivity contribution in [1.82, 2.24) is 0 Å². The number of hydrogen-bond acceptors (Lipinski definition) is 12. The number of esters is 2. The number of ether oxygens (including phenoxy) is 10. The van der Waals surface area contributed by atoms with E-state index >= 15 is 0 Å². The Morgan fingerprint density at radius 1 is 0.761 bits per heavy atom. The van der Waals surface area contributed by atoms with Gasteiger partial charge in [0.15, 0.2) is 12.2 Å². The van der Waals surface area contributed by atoms with Crippen molar-refractivity contribution in [2.45, 2.75) is 97.3 Å². The number of halogens is 3. The molecule has 0 aromatic heterocycles. The van der Waals surface area contributed by atoms with Gasteiger partial charge in [-0.3, -0.25) is 0 Å². The molecule has 0 spiro atoms. The zero-order chi connectivity index (χ0) is 48.6. The molecule has 3 aromatic carbocycles. The van der Waals surface area contributed by atoms with Crippen LogP contribution in [0, 0.1) is 18.8 Å². The maximum absolute atomic E-state index is 12.5. The Hall–Kier alpha value is -4.93. The molecular formula is C52H69F3O12. The molecule has 2 saturated heterocycles. The lowest BCUT2D eigenvalue weighted by atomic mass is 9.95. The minimum absolute atomic E-state index is 0.121. The van der Waals surface area contributed by atoms with E-state index in [1.54, 1.807) is 6.92 Å². The summed E-state index contributed by atoms with van der Waals surface area (Å²) in [5, 5.41) is 0. The standard InChI is InChI=1S/C28H33F3O6.C24H36O6/c1-4-8-20-10-7-12-22(27(20)36-16-23-15-34-23)13-21-11-6-9-19(3)26(21)35-17-24(37-25(32)5-2)14-33-18-28(29,30)31;1-5-20(11-19(4)12-26-14-22-16-29-22)13-27-15-23(30-24(25)18(2)3)17-28-21-9-7-6-8-10-21/h5-7,9-12,23-24H,2,4,8,13-18H2,1,3H3;6-10,19-20,22-23H,2,5,11-17H2,1,3-4H3. The van der Waals surface area contributed by atoms with Gasteiger partial charge in [0.05, 0.1) is 33.0 Å². The highest BCUT2D eigenvalue weighted by Crippen LogP contribution is 2.33. The number of aryl methyl sites for hydroxylation is 2. The van der Waals surface area contributed by atoms with E-state index in [2.05, 4.69) is 40.0 Å². The lowest BCUT2D eigenvalue weighted by Gasteiger charge is -2.22. The lowest BCUT2D eigenvalue weighted by Crippen LogP contribution is -2.31. The van der Waals surface area contributed by atoms with Crippen LogP contribution in [-0.2, 0) is 55.6 Å². The van der Waals surface area contributed by atoms with Crippen LogP contribution in [0.15, 0.2) is 91.5 Å². The van der Waals surface area contributed by atoms with Crippen molar-refractivity contribution in [3.8, 4) is 17.2 Å². The molecule has 0 radical (unpaired) electrons. The van der Waals surface area contributed by atoms with E-state index in [1.807, 2.05) is 67.6 Å². The van der Waals surface area contributed by atoms with Crippen molar-refractivity contribution in [3.05, 3.63) is 114 Å². The largest absolute Gasteiger partial charge is 0.490 e. The van der Waals surface area contributed by atoms with Gasteiger partial charge in [-0.05, 0) is 72.9 Å². The molecule has 6 atom stereocenters. The fraction of sp³-hybridized carbons (Fsp3) is 0.538. The molecule has 2 aliphatic rings. The first kappa shape index (κ1) is 54.7. The first-order chi connectivity index (χ1) is 32.2. The van der Waals surface area contributed by atoms with Crippen LogP contribution in [0.5, 0.6) is 17.2 Å². The van der Waals surface area contributed by atoms with Crippen molar-refractivity contribution in [1.29, 1.82) is 0 Å². The summed E-state index contributed by atoms with van der Waals surface area (Å²) >= 11 is 0.